The fraction of sp³-hybridized carbons (Fsp3) is 0.722. The zero-order valence-corrected chi connectivity index (χ0v) is 19.9. The Morgan fingerprint density at radius 1 is 1.31 bits per heavy atom. The predicted molar refractivity (Wildman–Crippen MR) is 118 cm³/mol. The minimum Gasteiger partial charge on any atom is -0.394 e. The molecule has 0 radical (unpaired) electrons. The molecule has 8 N–H and O–H groups in total. The first-order chi connectivity index (χ1) is 16.5. The van der Waals surface area contributed by atoms with Crippen molar-refractivity contribution in [3.8, 4) is 0 Å². The maximum Gasteiger partial charge on any atom is 0.472 e. The fourth-order valence-corrected chi connectivity index (χ4v) is 4.03. The Hall–Kier alpha value is -1.98. The van der Waals surface area contributed by atoms with Crippen LogP contribution >= 0.6 is 7.82 Å². The molecule has 3 heterocycles. The molecule has 0 amide bonds. The molecule has 1 fully saturated rings. The molecule has 0 saturated carbocycles. The lowest BCUT2D eigenvalue weighted by atomic mass is 10.0. The van der Waals surface area contributed by atoms with Gasteiger partial charge in [-0.1, -0.05) is 6.92 Å². The molecular formula is C18H30N5O11P. The van der Waals surface area contributed by atoms with E-state index < -0.39 is 69.4 Å². The molecule has 2 aromatic heterocycles. The molecule has 198 valence electrons. The number of nitrogens with one attached hydrogen (secondary N) is 2. The van der Waals surface area contributed by atoms with Gasteiger partial charge in [0.2, 0.25) is 5.95 Å². The van der Waals surface area contributed by atoms with E-state index in [-0.39, 0.29) is 23.5 Å². The monoisotopic (exact) mass is 523 g/mol. The van der Waals surface area contributed by atoms with Gasteiger partial charge in [0.25, 0.3) is 5.56 Å². The Bertz CT molecular complexity index is 1100. The summed E-state index contributed by atoms with van der Waals surface area (Å²) < 4.78 is 27.4. The average molecular weight is 523 g/mol. The molecule has 8 atom stereocenters. The molecule has 1 aliphatic heterocycles. The van der Waals surface area contributed by atoms with Gasteiger partial charge in [-0.15, -0.1) is 0 Å². The van der Waals surface area contributed by atoms with Crippen molar-refractivity contribution >= 4 is 24.9 Å². The first-order valence-electron chi connectivity index (χ1n) is 10.8. The van der Waals surface area contributed by atoms with Crippen molar-refractivity contribution in [2.24, 2.45) is 0 Å². The van der Waals surface area contributed by atoms with Crippen LogP contribution in [-0.4, -0.2) is 107 Å². The lowest BCUT2D eigenvalue weighted by molar-refractivity contribution is -0.0509. The van der Waals surface area contributed by atoms with Crippen LogP contribution in [0.25, 0.3) is 11.2 Å². The van der Waals surface area contributed by atoms with Crippen LogP contribution in [0.1, 0.15) is 26.0 Å². The molecule has 0 bridgehead atoms. The van der Waals surface area contributed by atoms with E-state index in [1.165, 1.54) is 10.9 Å². The first kappa shape index (κ1) is 27.6. The van der Waals surface area contributed by atoms with Gasteiger partial charge in [0.15, 0.2) is 17.4 Å². The van der Waals surface area contributed by atoms with E-state index >= 15 is 0 Å². The zero-order chi connectivity index (χ0) is 25.9. The summed E-state index contributed by atoms with van der Waals surface area (Å²) in [5, 5.41) is 52.4. The minimum atomic E-state index is -4.35. The van der Waals surface area contributed by atoms with Gasteiger partial charge in [-0.3, -0.25) is 23.4 Å². The van der Waals surface area contributed by atoms with Crippen LogP contribution in [0.4, 0.5) is 5.95 Å². The van der Waals surface area contributed by atoms with E-state index in [9.17, 15) is 34.7 Å². The summed E-state index contributed by atoms with van der Waals surface area (Å²) in [6, 6.07) is -0.435. The molecule has 17 heteroatoms. The van der Waals surface area contributed by atoms with Crippen molar-refractivity contribution in [3.63, 3.8) is 0 Å². The van der Waals surface area contributed by atoms with Crippen molar-refractivity contribution < 1.29 is 48.8 Å². The first-order valence-corrected chi connectivity index (χ1v) is 12.3. The summed E-state index contributed by atoms with van der Waals surface area (Å²) in [7, 11) is -3.38. The van der Waals surface area contributed by atoms with Crippen molar-refractivity contribution in [1.82, 2.24) is 19.5 Å². The van der Waals surface area contributed by atoms with Crippen molar-refractivity contribution in [2.75, 3.05) is 25.6 Å². The molecule has 0 aliphatic carbocycles. The van der Waals surface area contributed by atoms with E-state index in [0.29, 0.717) is 6.42 Å². The van der Waals surface area contributed by atoms with Crippen molar-refractivity contribution in [1.29, 1.82) is 0 Å². The van der Waals surface area contributed by atoms with Crippen LogP contribution in [0.3, 0.4) is 0 Å². The quantitative estimate of drug-likeness (QED) is 0.138. The SMILES string of the molecule is CCC(CC(O)C(O)CO)Nc1nc2c(ncn2C2OC(COP(=O)(O)OC)C(O)C2O)c(=O)[nH]1. The lowest BCUT2D eigenvalue weighted by Gasteiger charge is -2.23. The van der Waals surface area contributed by atoms with Gasteiger partial charge < -0.3 is 40.5 Å². The smallest absolute Gasteiger partial charge is 0.394 e. The van der Waals surface area contributed by atoms with Gasteiger partial charge in [-0.05, 0) is 12.8 Å². The zero-order valence-electron chi connectivity index (χ0n) is 19.0. The summed E-state index contributed by atoms with van der Waals surface area (Å²) >= 11 is 0. The second kappa shape index (κ2) is 11.4. The summed E-state index contributed by atoms with van der Waals surface area (Å²) in [4.78, 5) is 32.7. The third kappa shape index (κ3) is 6.24. The number of aromatic amines is 1. The molecule has 0 spiro atoms. The molecular weight excluding hydrogens is 493 g/mol. The third-order valence-corrected chi connectivity index (χ3v) is 6.60. The molecule has 1 saturated heterocycles. The van der Waals surface area contributed by atoms with Crippen molar-refractivity contribution in [2.45, 2.75) is 62.6 Å². The highest BCUT2D eigenvalue weighted by Crippen LogP contribution is 2.43. The number of imidazole rings is 1. The van der Waals surface area contributed by atoms with Gasteiger partial charge in [0, 0.05) is 13.2 Å². The van der Waals surface area contributed by atoms with Gasteiger partial charge >= 0.3 is 7.82 Å². The largest absolute Gasteiger partial charge is 0.472 e. The highest BCUT2D eigenvalue weighted by atomic mass is 31.2. The molecule has 0 aromatic carbocycles. The Labute approximate surface area is 198 Å². The van der Waals surface area contributed by atoms with E-state index in [2.05, 4.69) is 24.8 Å². The van der Waals surface area contributed by atoms with Gasteiger partial charge in [0.1, 0.15) is 24.4 Å². The van der Waals surface area contributed by atoms with Crippen molar-refractivity contribution in [3.05, 3.63) is 16.7 Å². The number of phosphoric acid groups is 1. The molecule has 16 nitrogen and oxygen atoms in total. The molecule has 2 aromatic rings. The van der Waals surface area contributed by atoms with Crippen LogP contribution in [0.15, 0.2) is 11.1 Å². The number of aliphatic hydroxyl groups excluding tert-OH is 5. The molecule has 3 rings (SSSR count). The highest BCUT2D eigenvalue weighted by Gasteiger charge is 2.45. The number of H-pyrrole nitrogens is 1. The highest BCUT2D eigenvalue weighted by molar-refractivity contribution is 7.47. The summed E-state index contributed by atoms with van der Waals surface area (Å²) in [5.74, 6) is 0.0102. The van der Waals surface area contributed by atoms with Crippen LogP contribution in [0.2, 0.25) is 0 Å². The lowest BCUT2D eigenvalue weighted by Crippen LogP contribution is -2.35. The Morgan fingerprint density at radius 2 is 2.03 bits per heavy atom. The Kier molecular flexibility index (Phi) is 8.98. The Morgan fingerprint density at radius 3 is 2.66 bits per heavy atom. The summed E-state index contributed by atoms with van der Waals surface area (Å²) in [6.45, 7) is 0.627. The standard InChI is InChI=1S/C18H30N5O11P/c1-3-8(4-9(25)10(26)5-24)20-18-21-15-12(16(29)22-18)19-7-23(15)17-14(28)13(27)11(34-17)6-33-35(30,31)32-2/h7-11,13-14,17,24-28H,3-6H2,1-2H3,(H,30,31)(H2,20,21,22,29). The van der Waals surface area contributed by atoms with Gasteiger partial charge in [-0.2, -0.15) is 4.98 Å². The summed E-state index contributed by atoms with van der Waals surface area (Å²) in [6.07, 6.45) is -6.30. The maximum atomic E-state index is 12.6. The number of ether oxygens (including phenoxy) is 1. The number of fused-ring (bicyclic) bond motifs is 1. The Balaban J connectivity index is 1.83. The van der Waals surface area contributed by atoms with Gasteiger partial charge in [-0.25, -0.2) is 9.55 Å². The maximum absolute atomic E-state index is 12.6. The van der Waals surface area contributed by atoms with E-state index in [0.717, 1.165) is 7.11 Å². The number of anilines is 1. The summed E-state index contributed by atoms with van der Waals surface area (Å²) in [5.41, 5.74) is -0.690. The van der Waals surface area contributed by atoms with Crippen LogP contribution in [-0.2, 0) is 18.3 Å². The second-order valence-electron chi connectivity index (χ2n) is 8.03. The van der Waals surface area contributed by atoms with Crippen LogP contribution in [0, 0.1) is 0 Å². The molecule has 1 aliphatic rings. The second-order valence-corrected chi connectivity index (χ2v) is 9.59. The number of phosphoric ester groups is 1. The molecule has 35 heavy (non-hydrogen) atoms. The number of nitrogens with zero attached hydrogens (tertiary/aromatic N) is 3. The number of rotatable bonds is 12. The fourth-order valence-electron chi connectivity index (χ4n) is 3.59. The number of aromatic nitrogens is 4. The van der Waals surface area contributed by atoms with Crippen LogP contribution < -0.4 is 10.9 Å². The number of hydrogen-bond donors (Lipinski definition) is 8. The third-order valence-electron chi connectivity index (χ3n) is 5.67. The van der Waals surface area contributed by atoms with E-state index in [4.69, 9.17) is 14.4 Å². The van der Waals surface area contributed by atoms with E-state index in [1.54, 1.807) is 6.92 Å². The topological polar surface area (TPSA) is 242 Å². The average Bonchev–Trinajstić information content (AvgIpc) is 3.37. The van der Waals surface area contributed by atoms with E-state index in [1.807, 2.05) is 0 Å². The number of aliphatic hydroxyl groups is 5. The number of hydrogen-bond acceptors (Lipinski definition) is 13. The predicted octanol–water partition coefficient (Wildman–Crippen LogP) is -2.20. The molecule has 8 unspecified atom stereocenters. The van der Waals surface area contributed by atoms with Gasteiger partial charge in [0.05, 0.1) is 25.6 Å². The normalized spacial score (nSPS) is 27.0. The minimum absolute atomic E-state index is 0.00424. The van der Waals surface area contributed by atoms with Crippen LogP contribution in [0.5, 0.6) is 0 Å².